The van der Waals surface area contributed by atoms with Gasteiger partial charge in [0.25, 0.3) is 5.91 Å². The van der Waals surface area contributed by atoms with Gasteiger partial charge in [-0.05, 0) is 19.1 Å². The van der Waals surface area contributed by atoms with E-state index in [1.165, 1.54) is 11.8 Å². The summed E-state index contributed by atoms with van der Waals surface area (Å²) in [4.78, 5) is 19.3. The lowest BCUT2D eigenvalue weighted by atomic mass is 10.2. The summed E-state index contributed by atoms with van der Waals surface area (Å²) < 4.78 is 6.47. The van der Waals surface area contributed by atoms with Crippen LogP contribution in [0.3, 0.4) is 0 Å². The number of amides is 1. The molecule has 1 amide bonds. The number of rotatable bonds is 4. The number of hydrogen-bond acceptors (Lipinski definition) is 5. The van der Waals surface area contributed by atoms with Crippen molar-refractivity contribution in [3.05, 3.63) is 30.6 Å². The van der Waals surface area contributed by atoms with Crippen molar-refractivity contribution >= 4 is 11.6 Å². The first-order chi connectivity index (χ1) is 9.02. The minimum Gasteiger partial charge on any atom is -0.467 e. The molecule has 0 saturated heterocycles. The molecule has 19 heavy (non-hydrogen) atoms. The summed E-state index contributed by atoms with van der Waals surface area (Å²) in [5.74, 6) is -0.609. The van der Waals surface area contributed by atoms with Crippen molar-refractivity contribution in [3.63, 3.8) is 0 Å². The fraction of sp³-hybridized carbons (Fsp3) is 0.167. The van der Waals surface area contributed by atoms with Gasteiger partial charge in [0.15, 0.2) is 5.69 Å². The molecule has 0 fully saturated rings. The molecule has 2 aromatic rings. The highest BCUT2D eigenvalue weighted by Gasteiger charge is 2.15. The van der Waals surface area contributed by atoms with E-state index < -0.39 is 5.91 Å². The monoisotopic (exact) mass is 259 g/mol. The molecule has 2 aromatic heterocycles. The fourth-order valence-corrected chi connectivity index (χ4v) is 1.56. The Kier molecular flexibility index (Phi) is 3.28. The van der Waals surface area contributed by atoms with Gasteiger partial charge in [0.2, 0.25) is 0 Å². The molecule has 0 spiro atoms. The highest BCUT2D eigenvalue weighted by atomic mass is 16.5. The van der Waals surface area contributed by atoms with Crippen molar-refractivity contribution in [2.75, 3.05) is 7.11 Å². The zero-order valence-corrected chi connectivity index (χ0v) is 10.6. The number of methoxy groups -OCH3 is 1. The van der Waals surface area contributed by atoms with Crippen molar-refractivity contribution in [3.8, 4) is 17.4 Å². The summed E-state index contributed by atoms with van der Waals surface area (Å²) >= 11 is 0. The maximum absolute atomic E-state index is 11.2. The van der Waals surface area contributed by atoms with Gasteiger partial charge in [-0.3, -0.25) is 4.79 Å². The highest BCUT2D eigenvalue weighted by molar-refractivity contribution is 5.92. The van der Waals surface area contributed by atoms with Crippen LogP contribution >= 0.6 is 0 Å². The normalized spacial score (nSPS) is 10.2. The fourth-order valence-electron chi connectivity index (χ4n) is 1.56. The van der Waals surface area contributed by atoms with E-state index in [9.17, 15) is 4.79 Å². The van der Waals surface area contributed by atoms with Crippen LogP contribution in [0.15, 0.2) is 24.9 Å². The molecular formula is C12H13N5O2. The third-order valence-electron chi connectivity index (χ3n) is 2.40. The molecule has 98 valence electrons. The van der Waals surface area contributed by atoms with Gasteiger partial charge in [-0.1, -0.05) is 6.58 Å². The van der Waals surface area contributed by atoms with E-state index in [0.717, 1.165) is 0 Å². The average Bonchev–Trinajstić information content (AvgIpc) is 2.84. The van der Waals surface area contributed by atoms with Crippen LogP contribution in [-0.2, 0) is 0 Å². The Bertz CT molecular complexity index is 647. The standard InChI is InChI=1S/C12H13N5O2/c1-7(2)17-10(6-9(16-17)11(13)18)8-4-5-14-12(15-8)19-3/h4-6H,1H2,2-3H3,(H2,13,18). The van der Waals surface area contributed by atoms with Crippen LogP contribution < -0.4 is 10.5 Å². The Labute approximate surface area is 109 Å². The lowest BCUT2D eigenvalue weighted by Gasteiger charge is -2.06. The quantitative estimate of drug-likeness (QED) is 0.881. The number of hydrogen-bond donors (Lipinski definition) is 1. The van der Waals surface area contributed by atoms with Gasteiger partial charge in [0.05, 0.1) is 18.5 Å². The van der Waals surface area contributed by atoms with Crippen LogP contribution in [0, 0.1) is 0 Å². The van der Waals surface area contributed by atoms with Gasteiger partial charge in [0.1, 0.15) is 0 Å². The number of ether oxygens (including phenoxy) is 1. The molecule has 0 atom stereocenters. The second kappa shape index (κ2) is 4.89. The Morgan fingerprint density at radius 3 is 2.84 bits per heavy atom. The number of nitrogens with zero attached hydrogens (tertiary/aromatic N) is 4. The SMILES string of the molecule is C=C(C)n1nc(C(N)=O)cc1-c1ccnc(OC)n1. The molecule has 0 aliphatic rings. The molecule has 0 aromatic carbocycles. The predicted octanol–water partition coefficient (Wildman–Crippen LogP) is 0.938. The van der Waals surface area contributed by atoms with Gasteiger partial charge in [-0.15, -0.1) is 0 Å². The number of aromatic nitrogens is 4. The molecule has 0 bridgehead atoms. The molecular weight excluding hydrogens is 246 g/mol. The summed E-state index contributed by atoms with van der Waals surface area (Å²) in [5.41, 5.74) is 7.18. The summed E-state index contributed by atoms with van der Waals surface area (Å²) in [6.45, 7) is 5.56. The lowest BCUT2D eigenvalue weighted by Crippen LogP contribution is -2.12. The van der Waals surface area contributed by atoms with Crippen LogP contribution in [0.2, 0.25) is 0 Å². The van der Waals surface area contributed by atoms with Crippen molar-refractivity contribution in [1.29, 1.82) is 0 Å². The molecule has 0 radical (unpaired) electrons. The second-order valence-electron chi connectivity index (χ2n) is 3.85. The maximum atomic E-state index is 11.2. The van der Waals surface area contributed by atoms with E-state index in [2.05, 4.69) is 21.6 Å². The first kappa shape index (κ1) is 12.7. The van der Waals surface area contributed by atoms with E-state index in [-0.39, 0.29) is 11.7 Å². The van der Waals surface area contributed by atoms with Gasteiger partial charge < -0.3 is 10.5 Å². The van der Waals surface area contributed by atoms with Crippen LogP contribution in [0.25, 0.3) is 17.1 Å². The van der Waals surface area contributed by atoms with Crippen LogP contribution in [0.5, 0.6) is 6.01 Å². The van der Waals surface area contributed by atoms with E-state index in [0.29, 0.717) is 17.1 Å². The molecule has 0 saturated carbocycles. The third-order valence-corrected chi connectivity index (χ3v) is 2.40. The first-order valence-corrected chi connectivity index (χ1v) is 5.46. The highest BCUT2D eigenvalue weighted by Crippen LogP contribution is 2.22. The molecule has 0 aliphatic carbocycles. The minimum absolute atomic E-state index is 0.149. The van der Waals surface area contributed by atoms with Gasteiger partial charge in [-0.25, -0.2) is 9.67 Å². The van der Waals surface area contributed by atoms with E-state index in [4.69, 9.17) is 10.5 Å². The van der Waals surface area contributed by atoms with Crippen LogP contribution in [-0.4, -0.2) is 32.8 Å². The maximum Gasteiger partial charge on any atom is 0.316 e. The minimum atomic E-state index is -0.609. The predicted molar refractivity (Wildman–Crippen MR) is 69.3 cm³/mol. The van der Waals surface area contributed by atoms with Gasteiger partial charge in [-0.2, -0.15) is 10.1 Å². The number of primary amides is 1. The van der Waals surface area contributed by atoms with E-state index in [1.54, 1.807) is 25.3 Å². The topological polar surface area (TPSA) is 95.9 Å². The van der Waals surface area contributed by atoms with Crippen molar-refractivity contribution < 1.29 is 9.53 Å². The molecule has 0 aliphatic heterocycles. The van der Waals surface area contributed by atoms with Crippen molar-refractivity contribution in [2.45, 2.75) is 6.92 Å². The van der Waals surface area contributed by atoms with E-state index >= 15 is 0 Å². The molecule has 7 heteroatoms. The largest absolute Gasteiger partial charge is 0.467 e. The molecule has 2 N–H and O–H groups in total. The van der Waals surface area contributed by atoms with Gasteiger partial charge >= 0.3 is 6.01 Å². The molecule has 0 unspecified atom stereocenters. The number of carbonyl (C=O) groups excluding carboxylic acids is 1. The summed E-state index contributed by atoms with van der Waals surface area (Å²) in [6, 6.07) is 3.47. The Morgan fingerprint density at radius 1 is 1.53 bits per heavy atom. The second-order valence-corrected chi connectivity index (χ2v) is 3.85. The number of nitrogens with two attached hydrogens (primary N) is 1. The van der Waals surface area contributed by atoms with Gasteiger partial charge in [0, 0.05) is 11.9 Å². The number of carbonyl (C=O) groups is 1. The third kappa shape index (κ3) is 2.44. The molecule has 2 heterocycles. The Hall–Kier alpha value is -2.70. The van der Waals surface area contributed by atoms with Crippen molar-refractivity contribution in [2.24, 2.45) is 5.73 Å². The molecule has 2 rings (SSSR count). The van der Waals surface area contributed by atoms with Crippen molar-refractivity contribution in [1.82, 2.24) is 19.7 Å². The summed E-state index contributed by atoms with van der Waals surface area (Å²) in [7, 11) is 1.48. The first-order valence-electron chi connectivity index (χ1n) is 5.46. The Balaban J connectivity index is 2.59. The van der Waals surface area contributed by atoms with Crippen LogP contribution in [0.4, 0.5) is 0 Å². The summed E-state index contributed by atoms with van der Waals surface area (Å²) in [5, 5.41) is 4.08. The average molecular weight is 259 g/mol. The lowest BCUT2D eigenvalue weighted by molar-refractivity contribution is 0.0995. The van der Waals surface area contributed by atoms with E-state index in [1.807, 2.05) is 0 Å². The zero-order chi connectivity index (χ0) is 14.0. The van der Waals surface area contributed by atoms with Crippen LogP contribution in [0.1, 0.15) is 17.4 Å². The number of allylic oxidation sites excluding steroid dienone is 1. The summed E-state index contributed by atoms with van der Waals surface area (Å²) in [6.07, 6.45) is 1.56. The molecule has 7 nitrogen and oxygen atoms in total. The smallest absolute Gasteiger partial charge is 0.316 e. The zero-order valence-electron chi connectivity index (χ0n) is 10.6. The Morgan fingerprint density at radius 2 is 2.26 bits per heavy atom.